The molecule has 0 aliphatic rings. The number of benzene rings is 1. The lowest BCUT2D eigenvalue weighted by Gasteiger charge is -2.06. The summed E-state index contributed by atoms with van der Waals surface area (Å²) in [6.45, 7) is 2.92. The van der Waals surface area contributed by atoms with Gasteiger partial charge in [-0.25, -0.2) is 0 Å². The van der Waals surface area contributed by atoms with Crippen molar-refractivity contribution >= 4 is 11.6 Å². The van der Waals surface area contributed by atoms with Gasteiger partial charge >= 0.3 is 0 Å². The van der Waals surface area contributed by atoms with Gasteiger partial charge in [0.15, 0.2) is 5.82 Å². The van der Waals surface area contributed by atoms with E-state index in [1.54, 1.807) is 0 Å². The second-order valence-electron chi connectivity index (χ2n) is 5.13. The zero-order valence-electron chi connectivity index (χ0n) is 11.7. The Morgan fingerprint density at radius 3 is 2.70 bits per heavy atom. The van der Waals surface area contributed by atoms with E-state index in [4.69, 9.17) is 21.9 Å². The lowest BCUT2D eigenvalue weighted by atomic mass is 10.0. The van der Waals surface area contributed by atoms with E-state index >= 15 is 0 Å². The summed E-state index contributed by atoms with van der Waals surface area (Å²) in [5, 5.41) is 4.75. The molecule has 2 aromatic rings. The summed E-state index contributed by atoms with van der Waals surface area (Å²) >= 11 is 5.86. The van der Waals surface area contributed by atoms with E-state index in [9.17, 15) is 0 Å². The molecule has 1 aromatic heterocycles. The maximum atomic E-state index is 5.86. The number of nitrogens with zero attached hydrogens (tertiary/aromatic N) is 2. The van der Waals surface area contributed by atoms with Crippen molar-refractivity contribution in [3.8, 4) is 0 Å². The number of nitrogens with two attached hydrogens (primary N) is 1. The summed E-state index contributed by atoms with van der Waals surface area (Å²) in [7, 11) is 0. The van der Waals surface area contributed by atoms with Crippen LogP contribution in [0.1, 0.15) is 37.0 Å². The maximum Gasteiger partial charge on any atom is 0.226 e. The lowest BCUT2D eigenvalue weighted by molar-refractivity contribution is 0.359. The van der Waals surface area contributed by atoms with Crippen molar-refractivity contribution in [3.05, 3.63) is 46.6 Å². The van der Waals surface area contributed by atoms with Gasteiger partial charge < -0.3 is 10.3 Å². The highest BCUT2D eigenvalue weighted by Crippen LogP contribution is 2.14. The van der Waals surface area contributed by atoms with Crippen LogP contribution in [0.4, 0.5) is 0 Å². The Labute approximate surface area is 124 Å². The molecule has 0 aliphatic heterocycles. The van der Waals surface area contributed by atoms with Crippen molar-refractivity contribution in [2.45, 2.75) is 32.6 Å². The van der Waals surface area contributed by atoms with Crippen molar-refractivity contribution in [2.75, 3.05) is 6.54 Å². The van der Waals surface area contributed by atoms with Gasteiger partial charge in [0.05, 0.1) is 0 Å². The summed E-state index contributed by atoms with van der Waals surface area (Å²) in [4.78, 5) is 4.42. The Hall–Kier alpha value is -1.39. The van der Waals surface area contributed by atoms with Crippen molar-refractivity contribution < 1.29 is 4.52 Å². The molecular formula is C15H20ClN3O. The minimum Gasteiger partial charge on any atom is -0.339 e. The van der Waals surface area contributed by atoms with Crippen LogP contribution < -0.4 is 5.73 Å². The van der Waals surface area contributed by atoms with E-state index < -0.39 is 0 Å². The molecule has 20 heavy (non-hydrogen) atoms. The average molecular weight is 294 g/mol. The van der Waals surface area contributed by atoms with Crippen molar-refractivity contribution in [1.82, 2.24) is 10.1 Å². The monoisotopic (exact) mass is 293 g/mol. The van der Waals surface area contributed by atoms with Crippen LogP contribution in [0.15, 0.2) is 28.8 Å². The zero-order chi connectivity index (χ0) is 14.4. The minimum absolute atomic E-state index is 0.589. The number of aryl methyl sites for hydroxylation is 1. The quantitative estimate of drug-likeness (QED) is 0.851. The van der Waals surface area contributed by atoms with Crippen molar-refractivity contribution in [1.29, 1.82) is 0 Å². The number of rotatable bonds is 7. The molecule has 0 radical (unpaired) electrons. The number of hydrogen-bond donors (Lipinski definition) is 1. The second kappa shape index (κ2) is 7.41. The Kier molecular flexibility index (Phi) is 5.56. The normalized spacial score (nSPS) is 12.6. The molecule has 1 aromatic carbocycles. The molecule has 0 aliphatic carbocycles. The molecule has 0 amide bonds. The molecular weight excluding hydrogens is 274 g/mol. The van der Waals surface area contributed by atoms with Gasteiger partial charge in [0.2, 0.25) is 5.89 Å². The van der Waals surface area contributed by atoms with E-state index in [0.717, 1.165) is 36.4 Å². The van der Waals surface area contributed by atoms with Crippen LogP contribution in [0.25, 0.3) is 0 Å². The topological polar surface area (TPSA) is 64.9 Å². The SMILES string of the molecule is CC(CCN)CCc1nc(Cc2ccc(Cl)cc2)no1. The van der Waals surface area contributed by atoms with Gasteiger partial charge in [-0.15, -0.1) is 0 Å². The number of halogens is 1. The van der Waals surface area contributed by atoms with E-state index in [0.29, 0.717) is 24.1 Å². The minimum atomic E-state index is 0.589. The molecule has 1 heterocycles. The van der Waals surface area contributed by atoms with Crippen LogP contribution in [0.3, 0.4) is 0 Å². The highest BCUT2D eigenvalue weighted by atomic mass is 35.5. The summed E-state index contributed by atoms with van der Waals surface area (Å²) in [5.41, 5.74) is 6.66. The molecule has 5 heteroatoms. The fourth-order valence-corrected chi connectivity index (χ4v) is 2.17. The predicted octanol–water partition coefficient (Wildman–Crippen LogP) is 3.23. The fourth-order valence-electron chi connectivity index (χ4n) is 2.05. The van der Waals surface area contributed by atoms with Gasteiger partial charge in [0, 0.05) is 17.9 Å². The van der Waals surface area contributed by atoms with Crippen LogP contribution in [0.2, 0.25) is 5.02 Å². The molecule has 108 valence electrons. The first kappa shape index (κ1) is 15.0. The molecule has 0 fully saturated rings. The molecule has 2 rings (SSSR count). The number of aromatic nitrogens is 2. The smallest absolute Gasteiger partial charge is 0.226 e. The molecule has 1 atom stereocenters. The maximum absolute atomic E-state index is 5.86. The third-order valence-electron chi connectivity index (χ3n) is 3.30. The summed E-state index contributed by atoms with van der Waals surface area (Å²) in [6, 6.07) is 7.68. The predicted molar refractivity (Wildman–Crippen MR) is 79.7 cm³/mol. The average Bonchev–Trinajstić information content (AvgIpc) is 2.87. The third kappa shape index (κ3) is 4.62. The molecule has 0 bridgehead atoms. The van der Waals surface area contributed by atoms with Crippen LogP contribution in [-0.4, -0.2) is 16.7 Å². The summed E-state index contributed by atoms with van der Waals surface area (Å²) < 4.78 is 5.27. The first-order chi connectivity index (χ1) is 9.67. The lowest BCUT2D eigenvalue weighted by Crippen LogP contribution is -2.06. The summed E-state index contributed by atoms with van der Waals surface area (Å²) in [5.74, 6) is 2.01. The van der Waals surface area contributed by atoms with Crippen LogP contribution in [0, 0.1) is 5.92 Å². The van der Waals surface area contributed by atoms with Gasteiger partial charge in [0.1, 0.15) is 0 Å². The Balaban J connectivity index is 1.87. The van der Waals surface area contributed by atoms with Gasteiger partial charge in [-0.1, -0.05) is 35.8 Å². The summed E-state index contributed by atoms with van der Waals surface area (Å²) in [6.07, 6.45) is 3.54. The molecule has 4 nitrogen and oxygen atoms in total. The zero-order valence-corrected chi connectivity index (χ0v) is 12.4. The highest BCUT2D eigenvalue weighted by molar-refractivity contribution is 6.30. The molecule has 2 N–H and O–H groups in total. The first-order valence-electron chi connectivity index (χ1n) is 6.93. The fraction of sp³-hybridized carbons (Fsp3) is 0.467. The van der Waals surface area contributed by atoms with E-state index in [1.165, 1.54) is 0 Å². The Bertz CT molecular complexity index is 524. The van der Waals surface area contributed by atoms with Gasteiger partial charge in [0.25, 0.3) is 0 Å². The number of hydrogen-bond acceptors (Lipinski definition) is 4. The van der Waals surface area contributed by atoms with Gasteiger partial charge in [-0.05, 0) is 43.0 Å². The van der Waals surface area contributed by atoms with Crippen molar-refractivity contribution in [2.24, 2.45) is 11.7 Å². The first-order valence-corrected chi connectivity index (χ1v) is 7.31. The largest absolute Gasteiger partial charge is 0.339 e. The van der Waals surface area contributed by atoms with E-state index in [1.807, 2.05) is 24.3 Å². The van der Waals surface area contributed by atoms with E-state index in [-0.39, 0.29) is 0 Å². The van der Waals surface area contributed by atoms with E-state index in [2.05, 4.69) is 17.1 Å². The standard InChI is InChI=1S/C15H20ClN3O/c1-11(8-9-17)2-7-15-18-14(19-20-15)10-12-3-5-13(16)6-4-12/h3-6,11H,2,7-10,17H2,1H3. The Morgan fingerprint density at radius 1 is 1.25 bits per heavy atom. The van der Waals surface area contributed by atoms with Crippen molar-refractivity contribution in [3.63, 3.8) is 0 Å². The highest BCUT2D eigenvalue weighted by Gasteiger charge is 2.09. The van der Waals surface area contributed by atoms with Gasteiger partial charge in [-0.2, -0.15) is 4.98 Å². The van der Waals surface area contributed by atoms with Crippen LogP contribution >= 0.6 is 11.6 Å². The molecule has 0 spiro atoms. The third-order valence-corrected chi connectivity index (χ3v) is 3.55. The van der Waals surface area contributed by atoms with Crippen LogP contribution in [-0.2, 0) is 12.8 Å². The molecule has 0 saturated heterocycles. The van der Waals surface area contributed by atoms with Gasteiger partial charge in [-0.3, -0.25) is 0 Å². The molecule has 0 saturated carbocycles. The van der Waals surface area contributed by atoms with Crippen LogP contribution in [0.5, 0.6) is 0 Å². The molecule has 1 unspecified atom stereocenters. The Morgan fingerprint density at radius 2 is 2.00 bits per heavy atom. The second-order valence-corrected chi connectivity index (χ2v) is 5.57.